The molecule has 38 heavy (non-hydrogen) atoms. The van der Waals surface area contributed by atoms with Crippen molar-refractivity contribution in [3.63, 3.8) is 0 Å². The van der Waals surface area contributed by atoms with Crippen LogP contribution < -0.4 is 16.4 Å². The lowest BCUT2D eigenvalue weighted by Crippen LogP contribution is -2.24. The first-order valence-corrected chi connectivity index (χ1v) is 13.4. The number of sulfonamides is 1. The van der Waals surface area contributed by atoms with Gasteiger partial charge in [0.2, 0.25) is 6.41 Å². The summed E-state index contributed by atoms with van der Waals surface area (Å²) in [4.78, 5) is 19.3. The summed E-state index contributed by atoms with van der Waals surface area (Å²) in [5.41, 5.74) is 8.82. The molecular formula is C25H23ClF2N6O3S. The summed E-state index contributed by atoms with van der Waals surface area (Å²) in [7, 11) is -2.23. The largest absolute Gasteiger partial charge is 0.387 e. The van der Waals surface area contributed by atoms with Gasteiger partial charge in [0.25, 0.3) is 10.0 Å². The normalized spacial score (nSPS) is 12.9. The van der Waals surface area contributed by atoms with E-state index < -0.39 is 27.7 Å². The van der Waals surface area contributed by atoms with Gasteiger partial charge in [-0.2, -0.15) is 0 Å². The average molecular weight is 561 g/mol. The quantitative estimate of drug-likeness (QED) is 0.139. The van der Waals surface area contributed by atoms with Crippen LogP contribution in [0, 0.1) is 11.6 Å². The first-order chi connectivity index (χ1) is 18.0. The predicted octanol–water partition coefficient (Wildman–Crippen LogP) is 3.90. The minimum Gasteiger partial charge on any atom is -0.387 e. The van der Waals surface area contributed by atoms with Crippen molar-refractivity contribution in [3.05, 3.63) is 82.1 Å². The van der Waals surface area contributed by atoms with E-state index in [2.05, 4.69) is 20.0 Å². The Morgan fingerprint density at radius 3 is 2.53 bits per heavy atom. The fourth-order valence-corrected chi connectivity index (χ4v) is 5.00. The lowest BCUT2D eigenvalue weighted by molar-refractivity contribution is -0.110. The van der Waals surface area contributed by atoms with E-state index in [9.17, 15) is 22.0 Å². The summed E-state index contributed by atoms with van der Waals surface area (Å²) < 4.78 is 55.0. The zero-order valence-electron chi connectivity index (χ0n) is 20.2. The van der Waals surface area contributed by atoms with E-state index in [1.54, 1.807) is 25.4 Å². The number of amides is 1. The monoisotopic (exact) mass is 560 g/mol. The standard InChI is InChI=1S/C25H23ClF2N6O3S/c1-30-23-17(3-4-19(26)21(23)24(29)34-38(2,36)37)18-10-14-5-6-31-25(14)33-22(18)20(32-12-35)9-13-7-15(27)11-16(28)8-13/h3-8,10-12,20,30H,9H2,1-2H3,(H2,29,34)(H,31,33)(H,32,35). The van der Waals surface area contributed by atoms with Gasteiger partial charge in [0, 0.05) is 35.8 Å². The molecule has 1 amide bonds. The number of carbonyl (C=O) groups excluding carboxylic acids is 1. The molecule has 0 aliphatic carbocycles. The van der Waals surface area contributed by atoms with Crippen LogP contribution in [0.3, 0.4) is 0 Å². The van der Waals surface area contributed by atoms with Crippen LogP contribution >= 0.6 is 11.6 Å². The number of nitrogens with two attached hydrogens (primary N) is 1. The van der Waals surface area contributed by atoms with Crippen molar-refractivity contribution in [2.24, 2.45) is 10.1 Å². The van der Waals surface area contributed by atoms with Crippen LogP contribution in [0.1, 0.15) is 22.9 Å². The lowest BCUT2D eigenvalue weighted by atomic mass is 9.92. The summed E-state index contributed by atoms with van der Waals surface area (Å²) in [6, 6.07) is 9.15. The van der Waals surface area contributed by atoms with Gasteiger partial charge in [0.05, 0.1) is 34.3 Å². The Hall–Kier alpha value is -4.03. The van der Waals surface area contributed by atoms with Crippen LogP contribution in [-0.2, 0) is 21.2 Å². The van der Waals surface area contributed by atoms with Crippen molar-refractivity contribution in [2.75, 3.05) is 18.6 Å². The molecule has 4 rings (SSSR count). The van der Waals surface area contributed by atoms with Gasteiger partial charge in [-0.15, -0.1) is 4.40 Å². The van der Waals surface area contributed by atoms with Gasteiger partial charge in [-0.1, -0.05) is 17.7 Å². The van der Waals surface area contributed by atoms with Crippen molar-refractivity contribution < 1.29 is 22.0 Å². The lowest BCUT2D eigenvalue weighted by Gasteiger charge is -2.22. The van der Waals surface area contributed by atoms with Gasteiger partial charge < -0.3 is 21.4 Å². The van der Waals surface area contributed by atoms with Crippen molar-refractivity contribution >= 4 is 50.6 Å². The fraction of sp³-hybridized carbons (Fsp3) is 0.160. The minimum atomic E-state index is -3.83. The van der Waals surface area contributed by atoms with Crippen molar-refractivity contribution in [1.29, 1.82) is 0 Å². The van der Waals surface area contributed by atoms with Crippen LogP contribution in [0.2, 0.25) is 5.02 Å². The number of hydrogen-bond acceptors (Lipinski definition) is 5. The number of hydrogen-bond donors (Lipinski definition) is 4. The van der Waals surface area contributed by atoms with Crippen LogP contribution in [0.5, 0.6) is 0 Å². The molecule has 0 saturated heterocycles. The van der Waals surface area contributed by atoms with Gasteiger partial charge >= 0.3 is 0 Å². The number of nitrogens with one attached hydrogen (secondary N) is 3. The molecule has 1 unspecified atom stereocenters. The number of carbonyl (C=O) groups is 1. The highest BCUT2D eigenvalue weighted by Crippen LogP contribution is 2.39. The molecule has 2 aromatic carbocycles. The van der Waals surface area contributed by atoms with Crippen molar-refractivity contribution in [3.8, 4) is 11.1 Å². The number of aromatic nitrogens is 2. The number of rotatable bonds is 9. The maximum atomic E-state index is 13.9. The topological polar surface area (TPSA) is 142 Å². The molecule has 198 valence electrons. The van der Waals surface area contributed by atoms with E-state index in [-0.39, 0.29) is 22.8 Å². The first-order valence-electron chi connectivity index (χ1n) is 11.2. The minimum absolute atomic E-state index is 0.0205. The van der Waals surface area contributed by atoms with Crippen LogP contribution in [0.4, 0.5) is 14.5 Å². The SMILES string of the molecule is CNc1c(-c2cc3cc[nH]c3nc2C(Cc2cc(F)cc(F)c2)NC=O)ccc(Cl)c1/C(N)=N/S(C)(=O)=O. The second kappa shape index (κ2) is 10.8. The summed E-state index contributed by atoms with van der Waals surface area (Å²) >= 11 is 6.41. The summed E-state index contributed by atoms with van der Waals surface area (Å²) in [6.07, 6.45) is 3.10. The number of nitrogens with zero attached hydrogens (tertiary/aromatic N) is 2. The third kappa shape index (κ3) is 5.76. The van der Waals surface area contributed by atoms with Gasteiger partial charge in [-0.25, -0.2) is 22.2 Å². The molecule has 5 N–H and O–H groups in total. The molecule has 13 heteroatoms. The van der Waals surface area contributed by atoms with E-state index in [0.29, 0.717) is 40.1 Å². The third-order valence-electron chi connectivity index (χ3n) is 5.74. The van der Waals surface area contributed by atoms with Gasteiger partial charge in [0.15, 0.2) is 0 Å². The Bertz CT molecular complexity index is 1650. The number of pyridine rings is 1. The molecular weight excluding hydrogens is 538 g/mol. The molecule has 0 radical (unpaired) electrons. The Morgan fingerprint density at radius 1 is 1.18 bits per heavy atom. The number of benzene rings is 2. The number of amidine groups is 1. The number of anilines is 1. The van der Waals surface area contributed by atoms with E-state index in [0.717, 1.165) is 17.7 Å². The summed E-state index contributed by atoms with van der Waals surface area (Å²) in [6.45, 7) is 0. The Morgan fingerprint density at radius 2 is 1.89 bits per heavy atom. The van der Waals surface area contributed by atoms with Gasteiger partial charge in [0.1, 0.15) is 23.1 Å². The fourth-order valence-electron chi connectivity index (χ4n) is 4.29. The van der Waals surface area contributed by atoms with E-state index >= 15 is 0 Å². The second-order valence-corrected chi connectivity index (χ2v) is 10.5. The van der Waals surface area contributed by atoms with Crippen molar-refractivity contribution in [2.45, 2.75) is 12.5 Å². The Balaban J connectivity index is 1.97. The molecule has 4 aromatic rings. The predicted molar refractivity (Wildman–Crippen MR) is 144 cm³/mol. The van der Waals surface area contributed by atoms with Gasteiger partial charge in [-0.3, -0.25) is 4.79 Å². The highest BCUT2D eigenvalue weighted by molar-refractivity contribution is 7.89. The maximum Gasteiger partial charge on any atom is 0.252 e. The van der Waals surface area contributed by atoms with Gasteiger partial charge in [-0.05, 0) is 42.3 Å². The summed E-state index contributed by atoms with van der Waals surface area (Å²) in [5, 5.41) is 6.59. The highest BCUT2D eigenvalue weighted by Gasteiger charge is 2.24. The number of halogens is 3. The number of H-pyrrole nitrogens is 1. The average Bonchev–Trinajstić information content (AvgIpc) is 3.28. The molecule has 0 bridgehead atoms. The zero-order chi connectivity index (χ0) is 27.6. The molecule has 0 fully saturated rings. The molecule has 9 nitrogen and oxygen atoms in total. The van der Waals surface area contributed by atoms with Crippen LogP contribution in [0.25, 0.3) is 22.2 Å². The smallest absolute Gasteiger partial charge is 0.252 e. The molecule has 1 atom stereocenters. The molecule has 0 saturated carbocycles. The second-order valence-electron chi connectivity index (χ2n) is 8.46. The maximum absolute atomic E-state index is 13.9. The molecule has 0 aliphatic rings. The Labute approximate surface area is 222 Å². The van der Waals surface area contributed by atoms with Crippen LogP contribution in [0.15, 0.2) is 53.1 Å². The molecule has 0 spiro atoms. The molecule has 0 aliphatic heterocycles. The number of aromatic amines is 1. The molecule has 2 heterocycles. The van der Waals surface area contributed by atoms with E-state index in [1.165, 1.54) is 18.2 Å². The van der Waals surface area contributed by atoms with Crippen molar-refractivity contribution in [1.82, 2.24) is 15.3 Å². The molecule has 2 aromatic heterocycles. The highest BCUT2D eigenvalue weighted by atomic mass is 35.5. The van der Waals surface area contributed by atoms with E-state index in [4.69, 9.17) is 22.3 Å². The van der Waals surface area contributed by atoms with Crippen LogP contribution in [-0.4, -0.2) is 43.9 Å². The number of fused-ring (bicyclic) bond motifs is 1. The Kier molecular flexibility index (Phi) is 7.65. The first kappa shape index (κ1) is 27.0. The third-order valence-corrected chi connectivity index (χ3v) is 6.58. The van der Waals surface area contributed by atoms with E-state index in [1.807, 2.05) is 6.07 Å². The zero-order valence-corrected chi connectivity index (χ0v) is 21.8. The summed E-state index contributed by atoms with van der Waals surface area (Å²) in [5.74, 6) is -1.82.